The van der Waals surface area contributed by atoms with Gasteiger partial charge in [-0.05, 0) is 55.5 Å². The molecular formula is C26H30N4O5. The number of esters is 1. The molecule has 184 valence electrons. The predicted octanol–water partition coefficient (Wildman–Crippen LogP) is 2.93. The van der Waals surface area contributed by atoms with Crippen LogP contribution < -0.4 is 15.5 Å². The molecule has 0 radical (unpaired) electrons. The van der Waals surface area contributed by atoms with E-state index in [1.807, 2.05) is 31.2 Å². The summed E-state index contributed by atoms with van der Waals surface area (Å²) in [4.78, 5) is 53.5. The number of carbonyl (C=O) groups excluding carboxylic acids is 4. The van der Waals surface area contributed by atoms with Crippen LogP contribution >= 0.6 is 0 Å². The van der Waals surface area contributed by atoms with Crippen LogP contribution in [0.2, 0.25) is 0 Å². The van der Waals surface area contributed by atoms with E-state index < -0.39 is 42.5 Å². The quantitative estimate of drug-likeness (QED) is 0.446. The minimum Gasteiger partial charge on any atom is -0.454 e. The minimum atomic E-state index is -1.23. The second kappa shape index (κ2) is 10.2. The lowest BCUT2D eigenvalue weighted by molar-refractivity contribution is -0.150. The third-order valence-electron chi connectivity index (χ3n) is 6.58. The minimum absolute atomic E-state index is 0.325. The Balaban J connectivity index is 1.31. The number of nitrogens with one attached hydrogen (secondary N) is 2. The Morgan fingerprint density at radius 2 is 1.80 bits per heavy atom. The van der Waals surface area contributed by atoms with Gasteiger partial charge in [-0.15, -0.1) is 0 Å². The molecule has 0 aromatic heterocycles. The number of ether oxygens (including phenoxy) is 1. The average Bonchev–Trinajstić information content (AvgIpc) is 3.48. The summed E-state index contributed by atoms with van der Waals surface area (Å²) >= 11 is 0. The van der Waals surface area contributed by atoms with Crippen LogP contribution in [0.15, 0.2) is 48.5 Å². The maximum atomic E-state index is 13.1. The van der Waals surface area contributed by atoms with Crippen molar-refractivity contribution in [3.05, 3.63) is 59.7 Å². The van der Waals surface area contributed by atoms with Gasteiger partial charge in [-0.3, -0.25) is 19.3 Å². The van der Waals surface area contributed by atoms with E-state index >= 15 is 0 Å². The summed E-state index contributed by atoms with van der Waals surface area (Å²) in [6.45, 7) is 4.67. The van der Waals surface area contributed by atoms with Crippen molar-refractivity contribution in [1.29, 1.82) is 0 Å². The summed E-state index contributed by atoms with van der Waals surface area (Å²) in [7, 11) is 0. The van der Waals surface area contributed by atoms with Crippen LogP contribution in [0.4, 0.5) is 16.2 Å². The highest BCUT2D eigenvalue weighted by Gasteiger charge is 2.51. The van der Waals surface area contributed by atoms with Gasteiger partial charge in [0.25, 0.3) is 11.8 Å². The third-order valence-corrected chi connectivity index (χ3v) is 6.58. The molecule has 1 unspecified atom stereocenters. The number of imide groups is 1. The molecule has 0 bridgehead atoms. The van der Waals surface area contributed by atoms with Gasteiger partial charge in [0.15, 0.2) is 6.61 Å². The van der Waals surface area contributed by atoms with Gasteiger partial charge < -0.3 is 20.3 Å². The monoisotopic (exact) mass is 478 g/mol. The van der Waals surface area contributed by atoms with Crippen LogP contribution in [0.25, 0.3) is 0 Å². The predicted molar refractivity (Wildman–Crippen MR) is 131 cm³/mol. The molecule has 2 aliphatic rings. The number of aryl methyl sites for hydroxylation is 1. The van der Waals surface area contributed by atoms with E-state index in [9.17, 15) is 19.2 Å². The van der Waals surface area contributed by atoms with E-state index in [1.54, 1.807) is 31.2 Å². The smallest absolute Gasteiger partial charge is 0.326 e. The molecular weight excluding hydrogens is 448 g/mol. The number of urea groups is 1. The normalized spacial score (nSPS) is 19.6. The molecule has 0 aliphatic carbocycles. The van der Waals surface area contributed by atoms with Gasteiger partial charge in [0, 0.05) is 24.5 Å². The van der Waals surface area contributed by atoms with Crippen LogP contribution in [0.5, 0.6) is 0 Å². The van der Waals surface area contributed by atoms with Crippen molar-refractivity contribution in [3.8, 4) is 0 Å². The first-order chi connectivity index (χ1) is 16.8. The zero-order valence-electron chi connectivity index (χ0n) is 20.0. The molecule has 1 atom stereocenters. The maximum absolute atomic E-state index is 13.1. The SMILES string of the molecule is CCC1(c2ccccc2)NC(=O)N(CC(=O)OCC(=O)Nc2ccc(N3CCCC3)cc2C)C1=O. The zero-order chi connectivity index (χ0) is 25.0. The van der Waals surface area contributed by atoms with E-state index in [0.29, 0.717) is 17.7 Å². The highest BCUT2D eigenvalue weighted by Crippen LogP contribution is 2.32. The highest BCUT2D eigenvalue weighted by atomic mass is 16.5. The molecule has 2 saturated heterocycles. The highest BCUT2D eigenvalue weighted by molar-refractivity contribution is 6.09. The molecule has 4 rings (SSSR count). The molecule has 2 aromatic carbocycles. The largest absolute Gasteiger partial charge is 0.454 e. The van der Waals surface area contributed by atoms with Gasteiger partial charge in [-0.1, -0.05) is 37.3 Å². The molecule has 2 aliphatic heterocycles. The van der Waals surface area contributed by atoms with E-state index in [-0.39, 0.29) is 0 Å². The van der Waals surface area contributed by atoms with E-state index in [4.69, 9.17) is 4.74 Å². The lowest BCUT2D eigenvalue weighted by Crippen LogP contribution is -2.44. The van der Waals surface area contributed by atoms with Crippen LogP contribution in [0.1, 0.15) is 37.3 Å². The van der Waals surface area contributed by atoms with Crippen molar-refractivity contribution in [3.63, 3.8) is 0 Å². The standard InChI is InChI=1S/C26H30N4O5/c1-3-26(19-9-5-4-6-10-19)24(33)30(25(34)28-26)16-23(32)35-17-22(31)27-21-12-11-20(15-18(21)2)29-13-7-8-14-29/h4-6,9-12,15H,3,7-8,13-14,16-17H2,1-2H3,(H,27,31)(H,28,34). The van der Waals surface area contributed by atoms with Gasteiger partial charge in [0.1, 0.15) is 12.1 Å². The molecule has 2 fully saturated rings. The summed E-state index contributed by atoms with van der Waals surface area (Å²) in [6, 6.07) is 14.0. The molecule has 0 spiro atoms. The summed E-state index contributed by atoms with van der Waals surface area (Å²) in [5.41, 5.74) is 2.08. The number of rotatable bonds is 8. The van der Waals surface area contributed by atoms with Gasteiger partial charge >= 0.3 is 12.0 Å². The maximum Gasteiger partial charge on any atom is 0.326 e. The average molecular weight is 479 g/mol. The molecule has 2 N–H and O–H groups in total. The summed E-state index contributed by atoms with van der Waals surface area (Å²) in [5, 5.41) is 5.46. The number of carbonyl (C=O) groups is 4. The van der Waals surface area contributed by atoms with Crippen LogP contribution in [0, 0.1) is 6.92 Å². The summed E-state index contributed by atoms with van der Waals surface area (Å²) < 4.78 is 5.05. The number of nitrogens with zero attached hydrogens (tertiary/aromatic N) is 2. The number of anilines is 2. The van der Waals surface area contributed by atoms with Gasteiger partial charge in [0.2, 0.25) is 0 Å². The first-order valence-corrected chi connectivity index (χ1v) is 11.8. The first kappa shape index (κ1) is 24.3. The van der Waals surface area contributed by atoms with Gasteiger partial charge in [0.05, 0.1) is 0 Å². The second-order valence-electron chi connectivity index (χ2n) is 8.85. The Morgan fingerprint density at radius 1 is 1.09 bits per heavy atom. The Morgan fingerprint density at radius 3 is 2.46 bits per heavy atom. The van der Waals surface area contributed by atoms with Crippen LogP contribution in [0.3, 0.4) is 0 Å². The lowest BCUT2D eigenvalue weighted by Gasteiger charge is -2.25. The number of amides is 4. The van der Waals surface area contributed by atoms with Crippen molar-refractivity contribution >= 4 is 35.2 Å². The first-order valence-electron chi connectivity index (χ1n) is 11.8. The Hall–Kier alpha value is -3.88. The number of hydrogen-bond donors (Lipinski definition) is 2. The molecule has 9 heteroatoms. The van der Waals surface area contributed by atoms with E-state index in [0.717, 1.165) is 29.2 Å². The Kier molecular flexibility index (Phi) is 7.04. The molecule has 2 heterocycles. The lowest BCUT2D eigenvalue weighted by atomic mass is 9.87. The van der Waals surface area contributed by atoms with Gasteiger partial charge in [-0.2, -0.15) is 0 Å². The van der Waals surface area contributed by atoms with Crippen molar-refractivity contribution in [2.75, 3.05) is 36.5 Å². The Labute approximate surface area is 204 Å². The van der Waals surface area contributed by atoms with Crippen molar-refractivity contribution in [1.82, 2.24) is 10.2 Å². The van der Waals surface area contributed by atoms with Gasteiger partial charge in [-0.25, -0.2) is 4.79 Å². The molecule has 4 amide bonds. The third kappa shape index (κ3) is 4.99. The molecule has 2 aromatic rings. The molecule has 35 heavy (non-hydrogen) atoms. The fraction of sp³-hybridized carbons (Fsp3) is 0.385. The van der Waals surface area contributed by atoms with Crippen LogP contribution in [-0.2, 0) is 24.7 Å². The zero-order valence-corrected chi connectivity index (χ0v) is 20.0. The van der Waals surface area contributed by atoms with Crippen molar-refractivity contribution in [2.24, 2.45) is 0 Å². The fourth-order valence-electron chi connectivity index (χ4n) is 4.60. The fourth-order valence-corrected chi connectivity index (χ4v) is 4.60. The summed E-state index contributed by atoms with van der Waals surface area (Å²) in [6.07, 6.45) is 2.68. The molecule has 9 nitrogen and oxygen atoms in total. The number of hydrogen-bond acceptors (Lipinski definition) is 6. The van der Waals surface area contributed by atoms with Crippen LogP contribution in [-0.4, -0.2) is 55.0 Å². The summed E-state index contributed by atoms with van der Waals surface area (Å²) in [5.74, 6) is -1.87. The number of benzene rings is 2. The topological polar surface area (TPSA) is 108 Å². The van der Waals surface area contributed by atoms with Crippen molar-refractivity contribution in [2.45, 2.75) is 38.6 Å². The second-order valence-corrected chi connectivity index (χ2v) is 8.85. The van der Waals surface area contributed by atoms with E-state index in [1.165, 1.54) is 12.8 Å². The van der Waals surface area contributed by atoms with Crippen molar-refractivity contribution < 1.29 is 23.9 Å². The van der Waals surface area contributed by atoms with E-state index in [2.05, 4.69) is 15.5 Å². The Bertz CT molecular complexity index is 1130. The molecule has 0 saturated carbocycles.